The Hall–Kier alpha value is -2.99. The molecule has 3 aromatic rings. The third-order valence-corrected chi connectivity index (χ3v) is 7.44. The first-order chi connectivity index (χ1) is 13.6. The molecule has 4 heterocycles. The lowest BCUT2D eigenvalue weighted by molar-refractivity contribution is -0.123. The average Bonchev–Trinajstić information content (AvgIpc) is 3.01. The van der Waals surface area contributed by atoms with Gasteiger partial charge in [-0.2, -0.15) is 0 Å². The predicted octanol–water partition coefficient (Wildman–Crippen LogP) is 3.83. The molecule has 5 nitrogen and oxygen atoms in total. The van der Waals surface area contributed by atoms with E-state index in [0.717, 1.165) is 33.6 Å². The Balaban J connectivity index is 1.34. The molecule has 1 saturated carbocycles. The highest BCUT2D eigenvalue weighted by atomic mass is 32.1. The van der Waals surface area contributed by atoms with Crippen molar-refractivity contribution in [1.29, 1.82) is 0 Å². The van der Waals surface area contributed by atoms with Gasteiger partial charge in [-0.15, -0.1) is 11.3 Å². The van der Waals surface area contributed by atoms with Gasteiger partial charge in [0.05, 0.1) is 4.88 Å². The third-order valence-electron chi connectivity index (χ3n) is 6.32. The summed E-state index contributed by atoms with van der Waals surface area (Å²) in [5.74, 6) is 0.388. The lowest BCUT2D eigenvalue weighted by Crippen LogP contribution is -2.32. The second kappa shape index (κ2) is 5.29. The van der Waals surface area contributed by atoms with Crippen molar-refractivity contribution in [3.8, 4) is 0 Å². The number of aromatic amines is 1. The topological polar surface area (TPSA) is 66.1 Å². The number of rotatable bonds is 2. The number of hydrogen-bond donors (Lipinski definition) is 1. The number of likely N-dealkylation sites (tertiary alicyclic amines) is 1. The standard InChI is InChI=1S/C22H17N3O2S/c1-12-11-28-20-16(26)7-17-22(19(12)20)8-14(22)10-25(17)18(27)5-4-13-9-24-21-15(13)3-2-6-23-21/h2-7,9,11,14H,8,10H2,1H3,(H,23,24)/b5-4+/t14-,22+/m0/s1. The van der Waals surface area contributed by atoms with Crippen molar-refractivity contribution in [1.82, 2.24) is 14.9 Å². The minimum Gasteiger partial charge on any atom is -0.346 e. The minimum absolute atomic E-state index is 0.0331. The zero-order chi connectivity index (χ0) is 19.0. The van der Waals surface area contributed by atoms with Gasteiger partial charge in [0.25, 0.3) is 5.91 Å². The molecule has 6 heteroatoms. The Morgan fingerprint density at radius 2 is 2.36 bits per heavy atom. The number of nitrogens with one attached hydrogen (secondary N) is 1. The maximum atomic E-state index is 13.0. The molecule has 2 fully saturated rings. The molecule has 1 aliphatic heterocycles. The van der Waals surface area contributed by atoms with Crippen LogP contribution < -0.4 is 0 Å². The summed E-state index contributed by atoms with van der Waals surface area (Å²) in [5, 5.41) is 3.05. The Kier molecular flexibility index (Phi) is 3.03. The molecule has 138 valence electrons. The molecule has 0 bridgehead atoms. The fraction of sp³-hybridized carbons (Fsp3) is 0.227. The van der Waals surface area contributed by atoms with Crippen LogP contribution in [0.4, 0.5) is 0 Å². The van der Waals surface area contributed by atoms with Gasteiger partial charge in [0, 0.05) is 53.2 Å². The van der Waals surface area contributed by atoms with Crippen molar-refractivity contribution in [3.63, 3.8) is 0 Å². The Labute approximate surface area is 165 Å². The van der Waals surface area contributed by atoms with E-state index in [1.807, 2.05) is 24.4 Å². The zero-order valence-corrected chi connectivity index (χ0v) is 16.0. The molecule has 28 heavy (non-hydrogen) atoms. The lowest BCUT2D eigenvalue weighted by atomic mass is 9.84. The number of piperidine rings is 1. The molecular weight excluding hydrogens is 370 g/mol. The first kappa shape index (κ1) is 16.0. The highest BCUT2D eigenvalue weighted by Gasteiger charge is 2.67. The number of hydrogen-bond acceptors (Lipinski definition) is 4. The average molecular weight is 387 g/mol. The molecular formula is C22H17N3O2S. The fourth-order valence-corrected chi connectivity index (χ4v) is 6.06. The number of aryl methyl sites for hydroxylation is 1. The van der Waals surface area contributed by atoms with Gasteiger partial charge in [-0.25, -0.2) is 4.98 Å². The summed E-state index contributed by atoms with van der Waals surface area (Å²) >= 11 is 1.53. The first-order valence-corrected chi connectivity index (χ1v) is 10.2. The van der Waals surface area contributed by atoms with E-state index >= 15 is 0 Å². The highest BCUT2D eigenvalue weighted by molar-refractivity contribution is 7.12. The summed E-state index contributed by atoms with van der Waals surface area (Å²) in [6.45, 7) is 2.76. The molecule has 0 unspecified atom stereocenters. The molecule has 2 atom stereocenters. The second-order valence-corrected chi connectivity index (χ2v) is 8.69. The molecule has 1 saturated heterocycles. The number of nitrogens with zero attached hydrogens (tertiary/aromatic N) is 2. The van der Waals surface area contributed by atoms with Gasteiger partial charge in [0.2, 0.25) is 0 Å². The van der Waals surface area contributed by atoms with Gasteiger partial charge < -0.3 is 9.88 Å². The van der Waals surface area contributed by atoms with Crippen LogP contribution in [-0.4, -0.2) is 33.1 Å². The summed E-state index contributed by atoms with van der Waals surface area (Å²) in [6, 6.07) is 3.86. The summed E-state index contributed by atoms with van der Waals surface area (Å²) in [5.41, 5.74) is 4.87. The van der Waals surface area contributed by atoms with Crippen molar-refractivity contribution >= 4 is 40.1 Å². The number of ketones is 1. The summed E-state index contributed by atoms with van der Waals surface area (Å²) < 4.78 is 0. The highest BCUT2D eigenvalue weighted by Crippen LogP contribution is 2.67. The van der Waals surface area contributed by atoms with Crippen LogP contribution >= 0.6 is 11.3 Å². The summed E-state index contributed by atoms with van der Waals surface area (Å²) in [4.78, 5) is 35.7. The third kappa shape index (κ3) is 1.93. The van der Waals surface area contributed by atoms with Gasteiger partial charge in [-0.05, 0) is 54.0 Å². The second-order valence-electron chi connectivity index (χ2n) is 7.81. The normalized spacial score (nSPS) is 25.0. The van der Waals surface area contributed by atoms with Crippen LogP contribution in [0.1, 0.15) is 32.8 Å². The Morgan fingerprint density at radius 3 is 3.25 bits per heavy atom. The predicted molar refractivity (Wildman–Crippen MR) is 108 cm³/mol. The number of amides is 1. The Bertz CT molecular complexity index is 1250. The van der Waals surface area contributed by atoms with Gasteiger partial charge in [-0.1, -0.05) is 0 Å². The number of carbonyl (C=O) groups excluding carboxylic acids is 2. The van der Waals surface area contributed by atoms with Crippen molar-refractivity contribution in [2.24, 2.45) is 5.92 Å². The summed E-state index contributed by atoms with van der Waals surface area (Å²) in [6.07, 6.45) is 9.77. The van der Waals surface area contributed by atoms with E-state index in [1.54, 1.807) is 23.2 Å². The van der Waals surface area contributed by atoms with Crippen LogP contribution in [0.2, 0.25) is 0 Å². The number of H-pyrrole nitrogens is 1. The fourth-order valence-electron chi connectivity index (χ4n) is 5.01. The quantitative estimate of drug-likeness (QED) is 0.680. The van der Waals surface area contributed by atoms with Crippen LogP contribution in [-0.2, 0) is 10.2 Å². The van der Waals surface area contributed by atoms with E-state index in [2.05, 4.69) is 22.3 Å². The monoisotopic (exact) mass is 387 g/mol. The smallest absolute Gasteiger partial charge is 0.250 e. The van der Waals surface area contributed by atoms with Crippen LogP contribution in [0.5, 0.6) is 0 Å². The van der Waals surface area contributed by atoms with Crippen molar-refractivity contribution in [2.75, 3.05) is 6.54 Å². The van der Waals surface area contributed by atoms with Crippen molar-refractivity contribution in [3.05, 3.63) is 69.3 Å². The minimum atomic E-state index is -0.110. The lowest BCUT2D eigenvalue weighted by Gasteiger charge is -2.27. The molecule has 1 N–H and O–H groups in total. The number of thiophene rings is 1. The molecule has 3 aliphatic rings. The summed E-state index contributed by atoms with van der Waals surface area (Å²) in [7, 11) is 0. The van der Waals surface area contributed by atoms with E-state index in [1.165, 1.54) is 22.5 Å². The largest absolute Gasteiger partial charge is 0.346 e. The molecule has 2 aliphatic carbocycles. The SMILES string of the molecule is Cc1csc2c1[C@]13C[C@H]1CN(C(=O)/C=C/c1c[nH]c4ncccc14)C3=CC2=O. The van der Waals surface area contributed by atoms with Gasteiger partial charge >= 0.3 is 0 Å². The number of fused-ring (bicyclic) bond motifs is 2. The van der Waals surface area contributed by atoms with Crippen LogP contribution in [0.25, 0.3) is 17.1 Å². The number of pyridine rings is 1. The zero-order valence-electron chi connectivity index (χ0n) is 15.2. The van der Waals surface area contributed by atoms with E-state index in [9.17, 15) is 9.59 Å². The van der Waals surface area contributed by atoms with Crippen LogP contribution in [0.15, 0.2) is 47.8 Å². The molecule has 6 rings (SSSR count). The van der Waals surface area contributed by atoms with E-state index in [0.29, 0.717) is 12.5 Å². The van der Waals surface area contributed by atoms with Crippen LogP contribution in [0, 0.1) is 12.8 Å². The van der Waals surface area contributed by atoms with E-state index in [4.69, 9.17) is 0 Å². The van der Waals surface area contributed by atoms with Gasteiger partial charge in [0.15, 0.2) is 5.78 Å². The molecule has 0 radical (unpaired) electrons. The molecule has 1 spiro atoms. The number of aromatic nitrogens is 2. The maximum absolute atomic E-state index is 13.0. The number of carbonyl (C=O) groups is 2. The van der Waals surface area contributed by atoms with Gasteiger partial charge in [0.1, 0.15) is 5.65 Å². The van der Waals surface area contributed by atoms with Crippen molar-refractivity contribution < 1.29 is 9.59 Å². The van der Waals surface area contributed by atoms with Crippen molar-refractivity contribution in [2.45, 2.75) is 18.8 Å². The van der Waals surface area contributed by atoms with E-state index < -0.39 is 0 Å². The van der Waals surface area contributed by atoms with Crippen LogP contribution in [0.3, 0.4) is 0 Å². The molecule has 1 amide bonds. The van der Waals surface area contributed by atoms with Gasteiger partial charge in [-0.3, -0.25) is 9.59 Å². The first-order valence-electron chi connectivity index (χ1n) is 9.36. The molecule has 3 aromatic heterocycles. The van der Waals surface area contributed by atoms with E-state index in [-0.39, 0.29) is 17.1 Å². The number of allylic oxidation sites excluding steroid dienone is 2. The molecule has 0 aromatic carbocycles. The Morgan fingerprint density at radius 1 is 1.46 bits per heavy atom. The maximum Gasteiger partial charge on any atom is 0.250 e.